The molecule has 0 heterocycles. The fourth-order valence-corrected chi connectivity index (χ4v) is 2.68. The lowest BCUT2D eigenvalue weighted by atomic mass is 10.00. The Labute approximate surface area is 124 Å². The van der Waals surface area contributed by atoms with Gasteiger partial charge in [-0.15, -0.1) is 11.6 Å². The van der Waals surface area contributed by atoms with Gasteiger partial charge in [-0.05, 0) is 48.2 Å². The van der Waals surface area contributed by atoms with Crippen LogP contribution in [0.2, 0.25) is 5.02 Å². The maximum absolute atomic E-state index is 6.51. The van der Waals surface area contributed by atoms with Gasteiger partial charge in [0, 0.05) is 5.02 Å². The maximum atomic E-state index is 6.51. The van der Waals surface area contributed by atoms with Crippen molar-refractivity contribution >= 4 is 23.2 Å². The standard InChI is InChI=1S/C16H16Cl2O/c1-11-14(7-4-8-15(11)17)16(18)10-12-5-3-6-13(9-12)19-2/h3-9,16H,10H2,1-2H3. The Kier molecular flexibility index (Phi) is 4.73. The first-order valence-electron chi connectivity index (χ1n) is 6.14. The van der Waals surface area contributed by atoms with Gasteiger partial charge in [0.15, 0.2) is 0 Å². The van der Waals surface area contributed by atoms with Crippen molar-refractivity contribution in [2.24, 2.45) is 0 Å². The summed E-state index contributed by atoms with van der Waals surface area (Å²) < 4.78 is 5.22. The first-order chi connectivity index (χ1) is 9.11. The summed E-state index contributed by atoms with van der Waals surface area (Å²) in [5, 5.41) is 0.666. The van der Waals surface area contributed by atoms with E-state index in [0.717, 1.165) is 33.9 Å². The molecule has 0 spiro atoms. The van der Waals surface area contributed by atoms with Crippen molar-refractivity contribution in [2.45, 2.75) is 18.7 Å². The molecule has 1 nitrogen and oxygen atoms in total. The molecular formula is C16H16Cl2O. The molecule has 0 aliphatic carbocycles. The third-order valence-electron chi connectivity index (χ3n) is 3.20. The fraction of sp³-hybridized carbons (Fsp3) is 0.250. The normalized spacial score (nSPS) is 12.2. The van der Waals surface area contributed by atoms with Crippen LogP contribution in [0.5, 0.6) is 5.75 Å². The van der Waals surface area contributed by atoms with Gasteiger partial charge in [-0.1, -0.05) is 35.9 Å². The van der Waals surface area contributed by atoms with Crippen LogP contribution in [0, 0.1) is 6.92 Å². The molecule has 1 atom stereocenters. The number of hydrogen-bond donors (Lipinski definition) is 0. The van der Waals surface area contributed by atoms with Crippen LogP contribution in [-0.4, -0.2) is 7.11 Å². The van der Waals surface area contributed by atoms with Gasteiger partial charge in [0.25, 0.3) is 0 Å². The predicted molar refractivity (Wildman–Crippen MR) is 81.5 cm³/mol. The van der Waals surface area contributed by atoms with Crippen LogP contribution in [-0.2, 0) is 6.42 Å². The van der Waals surface area contributed by atoms with Crippen molar-refractivity contribution in [1.29, 1.82) is 0 Å². The molecule has 0 amide bonds. The predicted octanol–water partition coefficient (Wildman–Crippen LogP) is 5.18. The van der Waals surface area contributed by atoms with E-state index in [9.17, 15) is 0 Å². The largest absolute Gasteiger partial charge is 0.497 e. The molecule has 0 fully saturated rings. The van der Waals surface area contributed by atoms with Crippen LogP contribution in [0.15, 0.2) is 42.5 Å². The third kappa shape index (κ3) is 3.43. The maximum Gasteiger partial charge on any atom is 0.119 e. The number of rotatable bonds is 4. The molecule has 2 aromatic rings. The lowest BCUT2D eigenvalue weighted by molar-refractivity contribution is 0.414. The number of benzene rings is 2. The van der Waals surface area contributed by atoms with Gasteiger partial charge in [-0.3, -0.25) is 0 Å². The van der Waals surface area contributed by atoms with Crippen LogP contribution in [0.3, 0.4) is 0 Å². The van der Waals surface area contributed by atoms with E-state index in [2.05, 4.69) is 6.07 Å². The van der Waals surface area contributed by atoms with Crippen molar-refractivity contribution in [3.05, 3.63) is 64.2 Å². The van der Waals surface area contributed by atoms with E-state index in [4.69, 9.17) is 27.9 Å². The molecule has 0 bridgehead atoms. The van der Waals surface area contributed by atoms with E-state index in [1.165, 1.54) is 0 Å². The van der Waals surface area contributed by atoms with Gasteiger partial charge in [-0.25, -0.2) is 0 Å². The number of alkyl halides is 1. The van der Waals surface area contributed by atoms with E-state index in [1.807, 2.05) is 43.3 Å². The highest BCUT2D eigenvalue weighted by Crippen LogP contribution is 2.31. The van der Waals surface area contributed by atoms with Crippen molar-refractivity contribution in [1.82, 2.24) is 0 Å². The molecule has 0 N–H and O–H groups in total. The quantitative estimate of drug-likeness (QED) is 0.706. The third-order valence-corrected chi connectivity index (χ3v) is 3.99. The highest BCUT2D eigenvalue weighted by atomic mass is 35.5. The van der Waals surface area contributed by atoms with Crippen molar-refractivity contribution in [2.75, 3.05) is 7.11 Å². The number of halogens is 2. The zero-order valence-electron chi connectivity index (χ0n) is 11.0. The fourth-order valence-electron chi connectivity index (χ4n) is 2.08. The summed E-state index contributed by atoms with van der Waals surface area (Å²) in [5.41, 5.74) is 3.28. The second kappa shape index (κ2) is 6.31. The Morgan fingerprint density at radius 2 is 1.89 bits per heavy atom. The van der Waals surface area contributed by atoms with E-state index in [1.54, 1.807) is 7.11 Å². The molecule has 0 aliphatic rings. The molecule has 3 heteroatoms. The Bertz CT molecular complexity index is 566. The highest BCUT2D eigenvalue weighted by Gasteiger charge is 2.13. The number of hydrogen-bond acceptors (Lipinski definition) is 1. The molecule has 0 saturated carbocycles. The molecule has 0 saturated heterocycles. The summed E-state index contributed by atoms with van der Waals surface area (Å²) in [6, 6.07) is 13.8. The summed E-state index contributed by atoms with van der Waals surface area (Å²) in [6.45, 7) is 2.00. The first-order valence-corrected chi connectivity index (χ1v) is 6.95. The molecule has 100 valence electrons. The summed E-state index contributed by atoms with van der Waals surface area (Å²) in [5.74, 6) is 0.851. The summed E-state index contributed by atoms with van der Waals surface area (Å²) in [7, 11) is 1.67. The molecule has 0 aromatic heterocycles. The Morgan fingerprint density at radius 1 is 1.16 bits per heavy atom. The van der Waals surface area contributed by atoms with E-state index in [0.29, 0.717) is 0 Å². The van der Waals surface area contributed by atoms with Crippen LogP contribution in [0.1, 0.15) is 22.1 Å². The lowest BCUT2D eigenvalue weighted by Gasteiger charge is -2.14. The minimum atomic E-state index is -0.0918. The molecule has 19 heavy (non-hydrogen) atoms. The number of methoxy groups -OCH3 is 1. The zero-order valence-corrected chi connectivity index (χ0v) is 12.5. The van der Waals surface area contributed by atoms with Crippen LogP contribution >= 0.6 is 23.2 Å². The van der Waals surface area contributed by atoms with Gasteiger partial charge in [-0.2, -0.15) is 0 Å². The lowest BCUT2D eigenvalue weighted by Crippen LogP contribution is -1.99. The van der Waals surface area contributed by atoms with Gasteiger partial charge < -0.3 is 4.74 Å². The SMILES string of the molecule is COc1cccc(CC(Cl)c2cccc(Cl)c2C)c1. The van der Waals surface area contributed by atoms with Crippen LogP contribution < -0.4 is 4.74 Å². The monoisotopic (exact) mass is 294 g/mol. The molecule has 0 aliphatic heterocycles. The van der Waals surface area contributed by atoms with Crippen molar-refractivity contribution in [3.8, 4) is 5.75 Å². The minimum Gasteiger partial charge on any atom is -0.497 e. The van der Waals surface area contributed by atoms with E-state index >= 15 is 0 Å². The molecule has 0 radical (unpaired) electrons. The summed E-state index contributed by atoms with van der Waals surface area (Å²) >= 11 is 12.6. The smallest absolute Gasteiger partial charge is 0.119 e. The Balaban J connectivity index is 2.20. The average molecular weight is 295 g/mol. The summed E-state index contributed by atoms with van der Waals surface area (Å²) in [4.78, 5) is 0. The highest BCUT2D eigenvalue weighted by molar-refractivity contribution is 6.31. The summed E-state index contributed by atoms with van der Waals surface area (Å²) in [6.07, 6.45) is 0.750. The van der Waals surface area contributed by atoms with Gasteiger partial charge in [0.05, 0.1) is 12.5 Å². The topological polar surface area (TPSA) is 9.23 Å². The second-order valence-corrected chi connectivity index (χ2v) is 5.41. The molecular weight excluding hydrogens is 279 g/mol. The second-order valence-electron chi connectivity index (χ2n) is 4.48. The van der Waals surface area contributed by atoms with Crippen LogP contribution in [0.25, 0.3) is 0 Å². The van der Waals surface area contributed by atoms with Gasteiger partial charge in [0.2, 0.25) is 0 Å². The van der Waals surface area contributed by atoms with E-state index < -0.39 is 0 Å². The zero-order chi connectivity index (χ0) is 13.8. The molecule has 1 unspecified atom stereocenters. The minimum absolute atomic E-state index is 0.0918. The number of ether oxygens (including phenoxy) is 1. The molecule has 2 rings (SSSR count). The van der Waals surface area contributed by atoms with E-state index in [-0.39, 0.29) is 5.38 Å². The van der Waals surface area contributed by atoms with Crippen molar-refractivity contribution in [3.63, 3.8) is 0 Å². The first kappa shape index (κ1) is 14.2. The van der Waals surface area contributed by atoms with Gasteiger partial charge >= 0.3 is 0 Å². The van der Waals surface area contributed by atoms with Crippen molar-refractivity contribution < 1.29 is 4.74 Å². The van der Waals surface area contributed by atoms with Gasteiger partial charge in [0.1, 0.15) is 5.75 Å². The Morgan fingerprint density at radius 3 is 2.63 bits per heavy atom. The molecule has 2 aromatic carbocycles. The Hall–Kier alpha value is -1.18. The average Bonchev–Trinajstić information content (AvgIpc) is 2.42. The van der Waals surface area contributed by atoms with Crippen LogP contribution in [0.4, 0.5) is 0 Å².